The Morgan fingerprint density at radius 3 is 1.91 bits per heavy atom. The van der Waals surface area contributed by atoms with Gasteiger partial charge in [0.1, 0.15) is 0 Å². The minimum atomic E-state index is -0.150. The average Bonchev–Trinajstić information content (AvgIpc) is 2.38. The molecule has 1 rings (SSSR count). The van der Waals surface area contributed by atoms with Gasteiger partial charge < -0.3 is 15.2 Å². The topological polar surface area (TPSA) is 74.4 Å². The van der Waals surface area contributed by atoms with Crippen molar-refractivity contribution in [3.8, 4) is 0 Å². The third-order valence-electron chi connectivity index (χ3n) is 1.55. The molecule has 11 heavy (non-hydrogen) atoms. The van der Waals surface area contributed by atoms with Gasteiger partial charge in [-0.15, -0.1) is 0 Å². The third-order valence-corrected chi connectivity index (χ3v) is 1.55. The lowest BCUT2D eigenvalue weighted by Gasteiger charge is -2.02. The van der Waals surface area contributed by atoms with E-state index in [-0.39, 0.29) is 12.2 Å². The van der Waals surface area contributed by atoms with E-state index < -0.39 is 0 Å². The van der Waals surface area contributed by atoms with E-state index in [4.69, 9.17) is 15.2 Å². The van der Waals surface area contributed by atoms with Crippen LogP contribution in [0.15, 0.2) is 10.3 Å². The Hall–Kier alpha value is -1.10. The zero-order chi connectivity index (χ0) is 8.10. The van der Waals surface area contributed by atoms with Gasteiger partial charge in [0, 0.05) is 0 Å². The molecule has 0 spiro atoms. The molecule has 0 aliphatic carbocycles. The van der Waals surface area contributed by atoms with E-state index in [0.717, 1.165) is 12.8 Å². The van der Waals surface area contributed by atoms with E-state index in [9.17, 15) is 0 Å². The molecule has 0 radical (unpaired) electrons. The van der Waals surface area contributed by atoms with Crippen LogP contribution in [0.1, 0.15) is 12.8 Å². The van der Waals surface area contributed by atoms with Crippen LogP contribution in [0.5, 0.6) is 0 Å². The van der Waals surface area contributed by atoms with Crippen LogP contribution >= 0.6 is 0 Å². The first kappa shape index (κ1) is 8.00. The maximum Gasteiger partial charge on any atom is 0.0969 e. The van der Waals surface area contributed by atoms with Crippen molar-refractivity contribution in [2.24, 2.45) is 10.3 Å². The normalized spacial score (nSPS) is 32.4. The molecule has 1 aliphatic rings. The number of hydrogen-bond acceptors (Lipinski definition) is 5. The molecular formula is C6H10N2O3. The van der Waals surface area contributed by atoms with Crippen molar-refractivity contribution in [1.82, 2.24) is 0 Å². The molecule has 0 aromatic heterocycles. The largest absolute Gasteiger partial charge is 0.411 e. The van der Waals surface area contributed by atoms with Crippen LogP contribution in [0.25, 0.3) is 0 Å². The van der Waals surface area contributed by atoms with Crippen LogP contribution in [0.3, 0.4) is 0 Å². The molecule has 2 unspecified atom stereocenters. The molecule has 62 valence electrons. The number of ether oxygens (including phenoxy) is 1. The van der Waals surface area contributed by atoms with Crippen LogP contribution in [0.2, 0.25) is 0 Å². The lowest BCUT2D eigenvalue weighted by molar-refractivity contribution is 0.124. The second kappa shape index (κ2) is 3.92. The summed E-state index contributed by atoms with van der Waals surface area (Å²) in [5.74, 6) is 0. The lowest BCUT2D eigenvalue weighted by Crippen LogP contribution is -2.12. The van der Waals surface area contributed by atoms with Crippen molar-refractivity contribution >= 4 is 12.4 Å². The summed E-state index contributed by atoms with van der Waals surface area (Å²) in [5, 5.41) is 22.0. The highest BCUT2D eigenvalue weighted by Crippen LogP contribution is 2.16. The van der Waals surface area contributed by atoms with Gasteiger partial charge in [0.15, 0.2) is 0 Å². The molecule has 1 aliphatic heterocycles. The van der Waals surface area contributed by atoms with E-state index in [1.165, 1.54) is 12.4 Å². The molecule has 2 N–H and O–H groups in total. The molecule has 0 aromatic carbocycles. The van der Waals surface area contributed by atoms with Gasteiger partial charge in [-0.1, -0.05) is 10.3 Å². The molecular weight excluding hydrogens is 148 g/mol. The Kier molecular flexibility index (Phi) is 2.85. The summed E-state index contributed by atoms with van der Waals surface area (Å²) < 4.78 is 5.22. The van der Waals surface area contributed by atoms with E-state index in [1.54, 1.807) is 0 Å². The highest BCUT2D eigenvalue weighted by atomic mass is 16.5. The van der Waals surface area contributed by atoms with E-state index in [1.807, 2.05) is 0 Å². The summed E-state index contributed by atoms with van der Waals surface area (Å²) in [6.07, 6.45) is 3.93. The molecule has 0 saturated carbocycles. The molecule has 5 heteroatoms. The monoisotopic (exact) mass is 158 g/mol. The Labute approximate surface area is 64.0 Å². The van der Waals surface area contributed by atoms with Crippen molar-refractivity contribution in [3.63, 3.8) is 0 Å². The number of nitrogens with zero attached hydrogens (tertiary/aromatic N) is 2. The maximum atomic E-state index is 8.15. The zero-order valence-electron chi connectivity index (χ0n) is 5.92. The molecule has 0 amide bonds. The highest BCUT2D eigenvalue weighted by Gasteiger charge is 2.22. The number of oxime groups is 2. The molecule has 1 heterocycles. The van der Waals surface area contributed by atoms with Gasteiger partial charge in [-0.2, -0.15) is 0 Å². The highest BCUT2D eigenvalue weighted by molar-refractivity contribution is 5.67. The van der Waals surface area contributed by atoms with Crippen LogP contribution in [0.4, 0.5) is 0 Å². The van der Waals surface area contributed by atoms with Crippen molar-refractivity contribution in [1.29, 1.82) is 0 Å². The van der Waals surface area contributed by atoms with Gasteiger partial charge in [-0.25, -0.2) is 0 Å². The maximum absolute atomic E-state index is 8.15. The summed E-state index contributed by atoms with van der Waals surface area (Å²) >= 11 is 0. The van der Waals surface area contributed by atoms with Crippen molar-refractivity contribution in [2.75, 3.05) is 0 Å². The van der Waals surface area contributed by atoms with Gasteiger partial charge in [-0.05, 0) is 12.8 Å². The standard InChI is InChI=1S/C6H10N2O3/c9-7-3-5-1-2-6(11-5)4-8-10/h3-6,9-10H,1-2H2. The van der Waals surface area contributed by atoms with E-state index >= 15 is 0 Å². The first-order chi connectivity index (χ1) is 5.36. The van der Waals surface area contributed by atoms with E-state index in [2.05, 4.69) is 10.3 Å². The Morgan fingerprint density at radius 2 is 1.55 bits per heavy atom. The second-order valence-corrected chi connectivity index (χ2v) is 2.32. The molecule has 5 nitrogen and oxygen atoms in total. The predicted molar refractivity (Wildman–Crippen MR) is 38.5 cm³/mol. The van der Waals surface area contributed by atoms with Crippen LogP contribution in [0, 0.1) is 0 Å². The lowest BCUT2D eigenvalue weighted by atomic mass is 10.2. The number of hydrogen-bond donors (Lipinski definition) is 2. The molecule has 0 aromatic rings. The van der Waals surface area contributed by atoms with Crippen LogP contribution in [-0.4, -0.2) is 35.1 Å². The average molecular weight is 158 g/mol. The summed E-state index contributed by atoms with van der Waals surface area (Å²) in [4.78, 5) is 0. The van der Waals surface area contributed by atoms with Crippen molar-refractivity contribution in [2.45, 2.75) is 25.0 Å². The van der Waals surface area contributed by atoms with Crippen molar-refractivity contribution in [3.05, 3.63) is 0 Å². The van der Waals surface area contributed by atoms with Crippen molar-refractivity contribution < 1.29 is 15.2 Å². The number of rotatable bonds is 2. The molecule has 1 fully saturated rings. The fourth-order valence-corrected chi connectivity index (χ4v) is 1.06. The second-order valence-electron chi connectivity index (χ2n) is 2.32. The molecule has 1 saturated heterocycles. The Morgan fingerprint density at radius 1 is 1.09 bits per heavy atom. The SMILES string of the molecule is ON=CC1CCC(C=NO)O1. The quantitative estimate of drug-likeness (QED) is 0.348. The summed E-state index contributed by atoms with van der Waals surface area (Å²) in [6, 6.07) is 0. The minimum Gasteiger partial charge on any atom is -0.411 e. The van der Waals surface area contributed by atoms with Crippen LogP contribution in [-0.2, 0) is 4.74 Å². The van der Waals surface area contributed by atoms with E-state index in [0.29, 0.717) is 0 Å². The molecule has 2 atom stereocenters. The van der Waals surface area contributed by atoms with Gasteiger partial charge in [-0.3, -0.25) is 0 Å². The smallest absolute Gasteiger partial charge is 0.0969 e. The van der Waals surface area contributed by atoms with Gasteiger partial charge in [0.2, 0.25) is 0 Å². The molecule has 0 bridgehead atoms. The fraction of sp³-hybridized carbons (Fsp3) is 0.667. The Bertz CT molecular complexity index is 151. The van der Waals surface area contributed by atoms with Gasteiger partial charge in [0.25, 0.3) is 0 Å². The predicted octanol–water partition coefficient (Wildman–Crippen LogP) is 0.454. The first-order valence-electron chi connectivity index (χ1n) is 3.37. The fourth-order valence-electron chi connectivity index (χ4n) is 1.06. The first-order valence-corrected chi connectivity index (χ1v) is 3.37. The van der Waals surface area contributed by atoms with Crippen LogP contribution < -0.4 is 0 Å². The Balaban J connectivity index is 2.34. The summed E-state index contributed by atoms with van der Waals surface area (Å²) in [6.45, 7) is 0. The third kappa shape index (κ3) is 2.19. The van der Waals surface area contributed by atoms with Gasteiger partial charge in [0.05, 0.1) is 24.6 Å². The summed E-state index contributed by atoms with van der Waals surface area (Å²) in [7, 11) is 0. The van der Waals surface area contributed by atoms with Gasteiger partial charge >= 0.3 is 0 Å². The zero-order valence-corrected chi connectivity index (χ0v) is 5.92. The summed E-state index contributed by atoms with van der Waals surface area (Å²) in [5.41, 5.74) is 0. The minimum absolute atomic E-state index is 0.150.